The van der Waals surface area contributed by atoms with E-state index < -0.39 is 12.5 Å². The van der Waals surface area contributed by atoms with Gasteiger partial charge in [-0.15, -0.1) is 0 Å². The third-order valence-corrected chi connectivity index (χ3v) is 1.73. The second kappa shape index (κ2) is 6.58. The smallest absolute Gasteiger partial charge is 0.115 e. The lowest BCUT2D eigenvalue weighted by atomic mass is 10.00. The minimum absolute atomic E-state index is 0.299. The van der Waals surface area contributed by atoms with Crippen LogP contribution in [0.15, 0.2) is 36.2 Å². The van der Waals surface area contributed by atoms with Gasteiger partial charge in [-0.05, 0) is 18.4 Å². The first kappa shape index (κ1) is 12.1. The molecule has 0 saturated heterocycles. The summed E-state index contributed by atoms with van der Waals surface area (Å²) >= 11 is 0. The maximum atomic E-state index is 12.2. The predicted molar refractivity (Wildman–Crippen MR) is 52.9 cm³/mol. The maximum Gasteiger partial charge on any atom is 0.115 e. The fourth-order valence-corrected chi connectivity index (χ4v) is 0.977. The van der Waals surface area contributed by atoms with Gasteiger partial charge < -0.3 is 0 Å². The molecule has 2 heteroatoms. The van der Waals surface area contributed by atoms with Crippen LogP contribution in [-0.4, -0.2) is 6.67 Å². The molecule has 74 valence electrons. The molecule has 0 bridgehead atoms. The number of hydrogen-bond acceptors (Lipinski definition) is 0. The van der Waals surface area contributed by atoms with E-state index >= 15 is 0 Å². The van der Waals surface area contributed by atoms with Crippen LogP contribution in [0, 0.1) is 5.92 Å². The predicted octanol–water partition coefficient (Wildman–Crippen LogP) is 3.97. The molecule has 13 heavy (non-hydrogen) atoms. The Kier molecular flexibility index (Phi) is 6.11. The largest absolute Gasteiger partial charge is 0.247 e. The number of hydrogen-bond donors (Lipinski definition) is 0. The van der Waals surface area contributed by atoms with Gasteiger partial charge in [0.05, 0.1) is 0 Å². The van der Waals surface area contributed by atoms with Crippen molar-refractivity contribution in [3.63, 3.8) is 0 Å². The summed E-state index contributed by atoms with van der Waals surface area (Å²) < 4.78 is 24.2. The van der Waals surface area contributed by atoms with Crippen LogP contribution in [0.25, 0.3) is 0 Å². The van der Waals surface area contributed by atoms with Crippen LogP contribution < -0.4 is 0 Å². The highest BCUT2D eigenvalue weighted by Gasteiger charge is 1.99. The molecule has 0 aromatic carbocycles. The van der Waals surface area contributed by atoms with E-state index in [1.54, 1.807) is 6.08 Å². The van der Waals surface area contributed by atoms with Gasteiger partial charge in [-0.2, -0.15) is 0 Å². The lowest BCUT2D eigenvalue weighted by molar-refractivity contribution is 0.554. The third-order valence-electron chi connectivity index (χ3n) is 1.73. The summed E-state index contributed by atoms with van der Waals surface area (Å²) in [4.78, 5) is 0. The zero-order chi connectivity index (χ0) is 10.3. The van der Waals surface area contributed by atoms with Crippen LogP contribution in [0.4, 0.5) is 8.78 Å². The molecule has 0 rings (SSSR count). The second-order valence-electron chi connectivity index (χ2n) is 3.14. The summed E-state index contributed by atoms with van der Waals surface area (Å²) in [5.74, 6) is -0.170. The molecule has 0 aromatic heterocycles. The lowest BCUT2D eigenvalue weighted by Gasteiger charge is -2.07. The molecule has 0 nitrogen and oxygen atoms in total. The summed E-state index contributed by atoms with van der Waals surface area (Å²) in [5.41, 5.74) is 0.986. The highest BCUT2D eigenvalue weighted by molar-refractivity contribution is 5.14. The van der Waals surface area contributed by atoms with Crippen molar-refractivity contribution in [3.8, 4) is 0 Å². The van der Waals surface area contributed by atoms with Crippen molar-refractivity contribution in [2.24, 2.45) is 5.92 Å². The molecule has 0 aliphatic rings. The van der Waals surface area contributed by atoms with Crippen LogP contribution in [0.5, 0.6) is 0 Å². The Balaban J connectivity index is 4.12. The molecular weight excluding hydrogens is 170 g/mol. The average Bonchev–Trinajstić information content (AvgIpc) is 2.02. The zero-order valence-corrected chi connectivity index (χ0v) is 8.19. The molecule has 0 heterocycles. The molecule has 0 aliphatic heterocycles. The molecule has 0 atom stereocenters. The van der Waals surface area contributed by atoms with Crippen molar-refractivity contribution < 1.29 is 8.78 Å². The molecule has 0 unspecified atom stereocenters. The van der Waals surface area contributed by atoms with E-state index in [9.17, 15) is 8.78 Å². The van der Waals surface area contributed by atoms with E-state index in [4.69, 9.17) is 0 Å². The third kappa shape index (κ3) is 6.26. The first-order valence-electron chi connectivity index (χ1n) is 4.33. The van der Waals surface area contributed by atoms with Gasteiger partial charge in [0.25, 0.3) is 0 Å². The molecule has 0 aliphatic carbocycles. The van der Waals surface area contributed by atoms with Gasteiger partial charge in [-0.1, -0.05) is 38.2 Å². The molecule has 0 amide bonds. The first-order chi connectivity index (χ1) is 6.07. The molecule has 0 saturated carbocycles. The number of alkyl halides is 1. The van der Waals surface area contributed by atoms with Crippen molar-refractivity contribution >= 4 is 0 Å². The number of rotatable bonds is 5. The van der Waals surface area contributed by atoms with Crippen LogP contribution in [0.1, 0.15) is 20.3 Å². The highest BCUT2D eigenvalue weighted by atomic mass is 19.1. The van der Waals surface area contributed by atoms with Gasteiger partial charge in [0.15, 0.2) is 0 Å². The van der Waals surface area contributed by atoms with Crippen molar-refractivity contribution in [2.45, 2.75) is 20.3 Å². The normalized spacial score (nSPS) is 12.8. The van der Waals surface area contributed by atoms with Crippen LogP contribution in [-0.2, 0) is 0 Å². The van der Waals surface area contributed by atoms with Crippen LogP contribution >= 0.6 is 0 Å². The average molecular weight is 186 g/mol. The van der Waals surface area contributed by atoms with Crippen LogP contribution in [0.2, 0.25) is 0 Å². The first-order valence-corrected chi connectivity index (χ1v) is 4.33. The van der Waals surface area contributed by atoms with Gasteiger partial charge >= 0.3 is 0 Å². The van der Waals surface area contributed by atoms with Crippen molar-refractivity contribution in [1.29, 1.82) is 0 Å². The van der Waals surface area contributed by atoms with Gasteiger partial charge in [0, 0.05) is 0 Å². The lowest BCUT2D eigenvalue weighted by Crippen LogP contribution is -1.93. The summed E-state index contributed by atoms with van der Waals surface area (Å²) in [6.45, 7) is 6.61. The minimum atomic E-state index is -0.469. The van der Waals surface area contributed by atoms with Crippen molar-refractivity contribution in [2.75, 3.05) is 6.67 Å². The Hall–Kier alpha value is -0.920. The van der Waals surface area contributed by atoms with E-state index in [1.165, 1.54) is 12.2 Å². The summed E-state index contributed by atoms with van der Waals surface area (Å²) in [6.07, 6.45) is 5.08. The molecule has 0 fully saturated rings. The Morgan fingerprint density at radius 1 is 1.46 bits per heavy atom. The van der Waals surface area contributed by atoms with E-state index in [0.717, 1.165) is 5.57 Å². The van der Waals surface area contributed by atoms with E-state index in [0.29, 0.717) is 12.3 Å². The summed E-state index contributed by atoms with van der Waals surface area (Å²) in [5, 5.41) is 0. The standard InChI is InChI=1S/C11H16F2/c1-9(2)11(7-8-12)6-4-5-10(3)13/h4-5,7,9H,3,6,8H2,1-2H3/b5-4-,11-7+. The summed E-state index contributed by atoms with van der Waals surface area (Å²) in [7, 11) is 0. The summed E-state index contributed by atoms with van der Waals surface area (Å²) in [6, 6.07) is 0. The molecule has 0 spiro atoms. The maximum absolute atomic E-state index is 12.2. The van der Waals surface area contributed by atoms with E-state index in [1.807, 2.05) is 13.8 Å². The van der Waals surface area contributed by atoms with Gasteiger partial charge in [0.1, 0.15) is 12.5 Å². The van der Waals surface area contributed by atoms with Crippen molar-refractivity contribution in [1.82, 2.24) is 0 Å². The fourth-order valence-electron chi connectivity index (χ4n) is 0.977. The van der Waals surface area contributed by atoms with Gasteiger partial charge in [-0.3, -0.25) is 0 Å². The minimum Gasteiger partial charge on any atom is -0.247 e. The Labute approximate surface area is 78.7 Å². The molecule has 0 N–H and O–H groups in total. The van der Waals surface area contributed by atoms with Crippen LogP contribution in [0.3, 0.4) is 0 Å². The van der Waals surface area contributed by atoms with E-state index in [2.05, 4.69) is 6.58 Å². The Morgan fingerprint density at radius 3 is 2.46 bits per heavy atom. The van der Waals surface area contributed by atoms with Gasteiger partial charge in [-0.25, -0.2) is 8.78 Å². The second-order valence-corrected chi connectivity index (χ2v) is 3.14. The monoisotopic (exact) mass is 186 g/mol. The zero-order valence-electron chi connectivity index (χ0n) is 8.19. The topological polar surface area (TPSA) is 0 Å². The Morgan fingerprint density at radius 2 is 2.08 bits per heavy atom. The molecular formula is C11H16F2. The number of halogens is 2. The Bertz CT molecular complexity index is 212. The molecule has 0 aromatic rings. The van der Waals surface area contributed by atoms with Crippen molar-refractivity contribution in [3.05, 3.63) is 36.2 Å². The quantitative estimate of drug-likeness (QED) is 0.450. The van der Waals surface area contributed by atoms with E-state index in [-0.39, 0.29) is 0 Å². The highest BCUT2D eigenvalue weighted by Crippen LogP contribution is 2.14. The van der Waals surface area contributed by atoms with Gasteiger partial charge in [0.2, 0.25) is 0 Å². The number of allylic oxidation sites excluding steroid dienone is 5. The fraction of sp³-hybridized carbons (Fsp3) is 0.455. The molecule has 0 radical (unpaired) electrons. The SMILES string of the molecule is C=C(F)/C=C\C/C(=C\CF)C(C)C.